The van der Waals surface area contributed by atoms with Crippen LogP contribution < -0.4 is 15.5 Å². The summed E-state index contributed by atoms with van der Waals surface area (Å²) in [6, 6.07) is 5.63. The number of morpholine rings is 1. The largest absolute Gasteiger partial charge is 0.378 e. The Hall–Kier alpha value is -3.86. The number of halogens is 1. The number of carbonyl (C=O) groups excluding carboxylic acids is 1. The molecule has 5 heterocycles. The molecule has 0 bridgehead atoms. The maximum absolute atomic E-state index is 13.3. The highest BCUT2D eigenvalue weighted by Gasteiger charge is 2.18. The van der Waals surface area contributed by atoms with Gasteiger partial charge in [0, 0.05) is 48.9 Å². The minimum Gasteiger partial charge on any atom is -0.378 e. The molecule has 10 nitrogen and oxygen atoms in total. The number of carbonyl (C=O) groups is 1. The lowest BCUT2D eigenvalue weighted by molar-refractivity contribution is -0.120. The molecule has 170 valence electrons. The van der Waals surface area contributed by atoms with Crippen LogP contribution in [0.4, 0.5) is 21.7 Å². The lowest BCUT2D eigenvalue weighted by Gasteiger charge is -2.28. The average molecular weight is 450 g/mol. The monoisotopic (exact) mass is 450 g/mol. The standard InChI is InChI=1S/C22H23FN8O2/c1-13(23)22(32)27-18-9-15-16(10-25-18)20(24-2)26-11-17(15)21-28-19-4-3-14(12-31(19)29-21)30-5-7-33-8-6-30/h3-4,9-13H,5-8H2,1-2H3,(H,24,26)(H,25,27,32). The Balaban J connectivity index is 1.58. The summed E-state index contributed by atoms with van der Waals surface area (Å²) in [4.78, 5) is 27.4. The van der Waals surface area contributed by atoms with Crippen molar-refractivity contribution < 1.29 is 13.9 Å². The number of nitrogens with one attached hydrogen (secondary N) is 2. The van der Waals surface area contributed by atoms with E-state index in [2.05, 4.69) is 35.6 Å². The summed E-state index contributed by atoms with van der Waals surface area (Å²) in [5.41, 5.74) is 2.42. The molecule has 1 amide bonds. The van der Waals surface area contributed by atoms with E-state index in [1.54, 1.807) is 30.0 Å². The van der Waals surface area contributed by atoms with Crippen molar-refractivity contribution in [1.82, 2.24) is 24.6 Å². The average Bonchev–Trinajstić information content (AvgIpc) is 3.26. The van der Waals surface area contributed by atoms with Crippen molar-refractivity contribution in [2.45, 2.75) is 13.1 Å². The first-order chi connectivity index (χ1) is 16.0. The smallest absolute Gasteiger partial charge is 0.259 e. The fourth-order valence-corrected chi connectivity index (χ4v) is 3.80. The van der Waals surface area contributed by atoms with E-state index in [0.29, 0.717) is 36.1 Å². The number of fused-ring (bicyclic) bond motifs is 2. The molecule has 1 aliphatic rings. The molecule has 1 saturated heterocycles. The first kappa shape index (κ1) is 21.0. The molecule has 0 radical (unpaired) electrons. The number of pyridine rings is 3. The second-order valence-electron chi connectivity index (χ2n) is 7.72. The molecule has 1 atom stereocenters. The number of rotatable bonds is 5. The highest BCUT2D eigenvalue weighted by molar-refractivity contribution is 6.03. The quantitative estimate of drug-likeness (QED) is 0.477. The summed E-state index contributed by atoms with van der Waals surface area (Å²) in [7, 11) is 1.76. The zero-order valence-electron chi connectivity index (χ0n) is 18.2. The van der Waals surface area contributed by atoms with Gasteiger partial charge < -0.3 is 20.3 Å². The van der Waals surface area contributed by atoms with Gasteiger partial charge in [-0.2, -0.15) is 0 Å². The molecule has 0 aliphatic carbocycles. The topological polar surface area (TPSA) is 110 Å². The Kier molecular flexibility index (Phi) is 5.47. The molecule has 0 spiro atoms. The zero-order chi connectivity index (χ0) is 22.9. The third-order valence-corrected chi connectivity index (χ3v) is 5.55. The number of nitrogens with zero attached hydrogens (tertiary/aromatic N) is 6. The van der Waals surface area contributed by atoms with Gasteiger partial charge >= 0.3 is 0 Å². The van der Waals surface area contributed by atoms with E-state index >= 15 is 0 Å². The van der Waals surface area contributed by atoms with E-state index in [9.17, 15) is 9.18 Å². The lowest BCUT2D eigenvalue weighted by Crippen LogP contribution is -2.36. The molecular weight excluding hydrogens is 427 g/mol. The molecule has 0 aromatic carbocycles. The summed E-state index contributed by atoms with van der Waals surface area (Å²) in [5, 5.41) is 11.7. The molecule has 1 fully saturated rings. The Morgan fingerprint density at radius 3 is 2.76 bits per heavy atom. The maximum atomic E-state index is 13.3. The number of hydrogen-bond donors (Lipinski definition) is 2. The minimum atomic E-state index is -1.65. The van der Waals surface area contributed by atoms with Gasteiger partial charge in [0.15, 0.2) is 17.6 Å². The van der Waals surface area contributed by atoms with E-state index in [-0.39, 0.29) is 5.82 Å². The Morgan fingerprint density at radius 1 is 1.18 bits per heavy atom. The van der Waals surface area contributed by atoms with Gasteiger partial charge in [-0.05, 0) is 25.1 Å². The molecule has 4 aromatic heterocycles. The first-order valence-corrected chi connectivity index (χ1v) is 10.6. The first-order valence-electron chi connectivity index (χ1n) is 10.6. The van der Waals surface area contributed by atoms with Crippen LogP contribution in [0.3, 0.4) is 0 Å². The molecule has 0 saturated carbocycles. The maximum Gasteiger partial charge on any atom is 0.259 e. The molecular formula is C22H23FN8O2. The van der Waals surface area contributed by atoms with Crippen LogP contribution >= 0.6 is 0 Å². The summed E-state index contributed by atoms with van der Waals surface area (Å²) < 4.78 is 20.5. The molecule has 11 heteroatoms. The Labute approximate surface area is 188 Å². The van der Waals surface area contributed by atoms with Crippen LogP contribution in [0.25, 0.3) is 27.8 Å². The molecule has 5 rings (SSSR count). The third kappa shape index (κ3) is 4.02. The van der Waals surface area contributed by atoms with Crippen molar-refractivity contribution in [1.29, 1.82) is 0 Å². The van der Waals surface area contributed by atoms with Crippen molar-refractivity contribution in [2.75, 3.05) is 48.9 Å². The van der Waals surface area contributed by atoms with Crippen LogP contribution in [0.2, 0.25) is 0 Å². The SMILES string of the molecule is CNc1ncc(-c2nc3ccc(N4CCOCC4)cn3n2)c2cc(NC(=O)C(C)F)ncc12. The normalized spacial score (nSPS) is 15.1. The van der Waals surface area contributed by atoms with Gasteiger partial charge in [0.05, 0.1) is 25.1 Å². The van der Waals surface area contributed by atoms with Gasteiger partial charge in [-0.1, -0.05) is 0 Å². The van der Waals surface area contributed by atoms with E-state index in [4.69, 9.17) is 4.74 Å². The molecule has 33 heavy (non-hydrogen) atoms. The number of alkyl halides is 1. The highest BCUT2D eigenvalue weighted by Crippen LogP contribution is 2.31. The third-order valence-electron chi connectivity index (χ3n) is 5.55. The van der Waals surface area contributed by atoms with Crippen LogP contribution in [0, 0.1) is 0 Å². The van der Waals surface area contributed by atoms with E-state index in [1.807, 2.05) is 18.3 Å². The predicted octanol–water partition coefficient (Wildman–Crippen LogP) is 2.51. The van der Waals surface area contributed by atoms with Gasteiger partial charge in [-0.15, -0.1) is 5.10 Å². The number of anilines is 3. The molecule has 4 aromatic rings. The summed E-state index contributed by atoms with van der Waals surface area (Å²) >= 11 is 0. The zero-order valence-corrected chi connectivity index (χ0v) is 18.2. The minimum absolute atomic E-state index is 0.241. The number of amides is 1. The number of aromatic nitrogens is 5. The predicted molar refractivity (Wildman–Crippen MR) is 123 cm³/mol. The van der Waals surface area contributed by atoms with Gasteiger partial charge in [0.25, 0.3) is 5.91 Å². The van der Waals surface area contributed by atoms with Crippen LogP contribution in [-0.2, 0) is 9.53 Å². The van der Waals surface area contributed by atoms with Crippen molar-refractivity contribution in [3.05, 3.63) is 36.8 Å². The van der Waals surface area contributed by atoms with Gasteiger partial charge in [-0.25, -0.2) is 23.9 Å². The summed E-state index contributed by atoms with van der Waals surface area (Å²) in [5.74, 6) is 0.589. The highest BCUT2D eigenvalue weighted by atomic mass is 19.1. The van der Waals surface area contributed by atoms with Crippen LogP contribution in [0.1, 0.15) is 6.92 Å². The van der Waals surface area contributed by atoms with Crippen molar-refractivity contribution in [3.63, 3.8) is 0 Å². The lowest BCUT2D eigenvalue weighted by atomic mass is 10.1. The van der Waals surface area contributed by atoms with Crippen LogP contribution in [0.15, 0.2) is 36.8 Å². The van der Waals surface area contributed by atoms with Gasteiger partial charge in [-0.3, -0.25) is 4.79 Å². The van der Waals surface area contributed by atoms with Crippen LogP contribution in [-0.4, -0.2) is 70.0 Å². The summed E-state index contributed by atoms with van der Waals surface area (Å²) in [6.07, 6.45) is 3.57. The Morgan fingerprint density at radius 2 is 2.00 bits per heavy atom. The van der Waals surface area contributed by atoms with Crippen molar-refractivity contribution in [3.8, 4) is 11.4 Å². The number of ether oxygens (including phenoxy) is 1. The second-order valence-corrected chi connectivity index (χ2v) is 7.72. The van der Waals surface area contributed by atoms with Gasteiger partial charge in [0.1, 0.15) is 11.6 Å². The fraction of sp³-hybridized carbons (Fsp3) is 0.318. The fourth-order valence-electron chi connectivity index (χ4n) is 3.80. The summed E-state index contributed by atoms with van der Waals surface area (Å²) in [6.45, 7) is 4.23. The molecule has 2 N–H and O–H groups in total. The molecule has 1 unspecified atom stereocenters. The second kappa shape index (κ2) is 8.58. The van der Waals surface area contributed by atoms with E-state index in [0.717, 1.165) is 29.5 Å². The van der Waals surface area contributed by atoms with Gasteiger partial charge in [0.2, 0.25) is 0 Å². The van der Waals surface area contributed by atoms with E-state index in [1.165, 1.54) is 6.92 Å². The Bertz CT molecular complexity index is 1330. The van der Waals surface area contributed by atoms with E-state index < -0.39 is 12.1 Å². The van der Waals surface area contributed by atoms with Crippen molar-refractivity contribution >= 4 is 39.6 Å². The van der Waals surface area contributed by atoms with Crippen LogP contribution in [0.5, 0.6) is 0 Å². The van der Waals surface area contributed by atoms with Crippen molar-refractivity contribution in [2.24, 2.45) is 0 Å². The number of hydrogen-bond acceptors (Lipinski definition) is 8. The molecule has 1 aliphatic heterocycles.